The zero-order chi connectivity index (χ0) is 19.1. The van der Waals surface area contributed by atoms with Gasteiger partial charge in [-0.25, -0.2) is 9.59 Å². The summed E-state index contributed by atoms with van der Waals surface area (Å²) >= 11 is 0. The van der Waals surface area contributed by atoms with E-state index in [0.717, 1.165) is 5.56 Å². The number of rotatable bonds is 6. The molecule has 26 heavy (non-hydrogen) atoms. The molecule has 0 aliphatic carbocycles. The molecule has 0 aliphatic heterocycles. The molecule has 1 amide bonds. The molecule has 6 heteroatoms. The van der Waals surface area contributed by atoms with Crippen LogP contribution in [0.5, 0.6) is 0 Å². The highest BCUT2D eigenvalue weighted by Gasteiger charge is 2.17. The van der Waals surface area contributed by atoms with E-state index in [0.29, 0.717) is 11.3 Å². The van der Waals surface area contributed by atoms with Gasteiger partial charge in [-0.15, -0.1) is 0 Å². The summed E-state index contributed by atoms with van der Waals surface area (Å²) in [7, 11) is 0. The molecule has 0 spiro atoms. The van der Waals surface area contributed by atoms with Crippen molar-refractivity contribution in [2.24, 2.45) is 0 Å². The van der Waals surface area contributed by atoms with Gasteiger partial charge < -0.3 is 14.8 Å². The summed E-state index contributed by atoms with van der Waals surface area (Å²) in [5.74, 6) is -1.69. The van der Waals surface area contributed by atoms with E-state index in [1.807, 2.05) is 13.0 Å². The Hall–Kier alpha value is -3.15. The number of benzene rings is 2. The van der Waals surface area contributed by atoms with Crippen molar-refractivity contribution in [1.29, 1.82) is 0 Å². The molecule has 0 bridgehead atoms. The minimum Gasteiger partial charge on any atom is -0.460 e. The molecule has 0 radical (unpaired) electrons. The Morgan fingerprint density at radius 3 is 2.46 bits per heavy atom. The van der Waals surface area contributed by atoms with Crippen LogP contribution >= 0.6 is 0 Å². The van der Waals surface area contributed by atoms with E-state index in [2.05, 4.69) is 5.32 Å². The van der Waals surface area contributed by atoms with Gasteiger partial charge in [-0.2, -0.15) is 0 Å². The molecule has 1 N–H and O–H groups in total. The molecule has 0 aromatic heterocycles. The molecule has 0 heterocycles. The van der Waals surface area contributed by atoms with Crippen LogP contribution in [0.4, 0.5) is 5.69 Å². The number of hydrogen-bond acceptors (Lipinski definition) is 5. The summed E-state index contributed by atoms with van der Waals surface area (Å²) in [5.41, 5.74) is 1.90. The summed E-state index contributed by atoms with van der Waals surface area (Å²) in [4.78, 5) is 36.1. The SMILES string of the molecule is Cc1cccc(C(=O)Nc2ccccc2C(=O)OCC(=O)OC(C)C)c1. The lowest BCUT2D eigenvalue weighted by molar-refractivity contribution is -0.150. The molecule has 0 saturated carbocycles. The van der Waals surface area contributed by atoms with Crippen molar-refractivity contribution < 1.29 is 23.9 Å². The molecule has 6 nitrogen and oxygen atoms in total. The highest BCUT2D eigenvalue weighted by molar-refractivity contribution is 6.08. The third-order valence-electron chi connectivity index (χ3n) is 3.36. The van der Waals surface area contributed by atoms with Crippen molar-refractivity contribution in [2.75, 3.05) is 11.9 Å². The monoisotopic (exact) mass is 355 g/mol. The molecular formula is C20H21NO5. The fourth-order valence-corrected chi connectivity index (χ4v) is 2.25. The number of para-hydroxylation sites is 1. The minimum absolute atomic E-state index is 0.158. The van der Waals surface area contributed by atoms with Crippen molar-refractivity contribution in [3.8, 4) is 0 Å². The van der Waals surface area contributed by atoms with E-state index in [-0.39, 0.29) is 17.6 Å². The number of nitrogens with one attached hydrogen (secondary N) is 1. The Balaban J connectivity index is 2.08. The largest absolute Gasteiger partial charge is 0.460 e. The molecule has 0 fully saturated rings. The first-order valence-corrected chi connectivity index (χ1v) is 8.20. The van der Waals surface area contributed by atoms with E-state index in [1.54, 1.807) is 50.2 Å². The van der Waals surface area contributed by atoms with E-state index < -0.39 is 18.5 Å². The van der Waals surface area contributed by atoms with E-state index in [9.17, 15) is 14.4 Å². The Bertz CT molecular complexity index is 813. The number of carbonyl (C=O) groups is 3. The highest BCUT2D eigenvalue weighted by atomic mass is 16.6. The molecule has 2 aromatic rings. The molecule has 0 aliphatic rings. The standard InChI is InChI=1S/C20H21NO5/c1-13(2)26-18(22)12-25-20(24)16-9-4-5-10-17(16)21-19(23)15-8-6-7-14(3)11-15/h4-11,13H,12H2,1-3H3,(H,21,23). The molecule has 2 rings (SSSR count). The van der Waals surface area contributed by atoms with Gasteiger partial charge >= 0.3 is 11.9 Å². The summed E-state index contributed by atoms with van der Waals surface area (Å²) in [6.07, 6.45) is -0.290. The lowest BCUT2D eigenvalue weighted by atomic mass is 10.1. The van der Waals surface area contributed by atoms with Gasteiger partial charge in [0.25, 0.3) is 5.91 Å². The third-order valence-corrected chi connectivity index (χ3v) is 3.36. The van der Waals surface area contributed by atoms with E-state index in [4.69, 9.17) is 9.47 Å². The van der Waals surface area contributed by atoms with Crippen LogP contribution in [0.25, 0.3) is 0 Å². The number of hydrogen-bond donors (Lipinski definition) is 1. The average molecular weight is 355 g/mol. The van der Waals surface area contributed by atoms with Crippen LogP contribution in [0.3, 0.4) is 0 Å². The van der Waals surface area contributed by atoms with Crippen molar-refractivity contribution >= 4 is 23.5 Å². The molecular weight excluding hydrogens is 334 g/mol. The lowest BCUT2D eigenvalue weighted by Gasteiger charge is -2.12. The second kappa shape index (κ2) is 8.80. The van der Waals surface area contributed by atoms with Crippen LogP contribution in [0, 0.1) is 6.92 Å². The number of ether oxygens (including phenoxy) is 2. The Morgan fingerprint density at radius 1 is 1.04 bits per heavy atom. The predicted octanol–water partition coefficient (Wildman–Crippen LogP) is 3.36. The normalized spacial score (nSPS) is 10.3. The van der Waals surface area contributed by atoms with Crippen LogP contribution in [-0.4, -0.2) is 30.6 Å². The van der Waals surface area contributed by atoms with Crippen molar-refractivity contribution in [1.82, 2.24) is 0 Å². The first-order valence-electron chi connectivity index (χ1n) is 8.20. The molecule has 0 atom stereocenters. The van der Waals surface area contributed by atoms with Gasteiger partial charge in [0, 0.05) is 5.56 Å². The zero-order valence-electron chi connectivity index (χ0n) is 14.9. The zero-order valence-corrected chi connectivity index (χ0v) is 14.9. The first kappa shape index (κ1) is 19.2. The molecule has 0 saturated heterocycles. The quantitative estimate of drug-likeness (QED) is 0.804. The van der Waals surface area contributed by atoms with Gasteiger partial charge in [0.05, 0.1) is 17.4 Å². The Labute approximate surface area is 152 Å². The maximum absolute atomic E-state index is 12.4. The van der Waals surface area contributed by atoms with Crippen LogP contribution in [0.2, 0.25) is 0 Å². The summed E-state index contributed by atoms with van der Waals surface area (Å²) in [5, 5.41) is 2.70. The lowest BCUT2D eigenvalue weighted by Crippen LogP contribution is -2.21. The Kier molecular flexibility index (Phi) is 6.49. The maximum Gasteiger partial charge on any atom is 0.344 e. The summed E-state index contributed by atoms with van der Waals surface area (Å²) < 4.78 is 9.89. The van der Waals surface area contributed by atoms with E-state index >= 15 is 0 Å². The Morgan fingerprint density at radius 2 is 1.77 bits per heavy atom. The van der Waals surface area contributed by atoms with Gasteiger partial charge in [0.15, 0.2) is 6.61 Å². The fraction of sp³-hybridized carbons (Fsp3) is 0.250. The smallest absolute Gasteiger partial charge is 0.344 e. The van der Waals surface area contributed by atoms with Gasteiger partial charge in [-0.05, 0) is 45.0 Å². The van der Waals surface area contributed by atoms with Crippen LogP contribution < -0.4 is 5.32 Å². The van der Waals surface area contributed by atoms with Crippen molar-refractivity contribution in [3.05, 3.63) is 65.2 Å². The molecule has 0 unspecified atom stereocenters. The molecule has 136 valence electrons. The summed E-state index contributed by atoms with van der Waals surface area (Å²) in [6, 6.07) is 13.5. The second-order valence-electron chi connectivity index (χ2n) is 5.98. The number of carbonyl (C=O) groups excluding carboxylic acids is 3. The number of aryl methyl sites for hydroxylation is 1. The van der Waals surface area contributed by atoms with Crippen molar-refractivity contribution in [3.63, 3.8) is 0 Å². The maximum atomic E-state index is 12.4. The third kappa shape index (κ3) is 5.44. The molecule has 2 aromatic carbocycles. The minimum atomic E-state index is -0.717. The topological polar surface area (TPSA) is 81.7 Å². The van der Waals surface area contributed by atoms with E-state index in [1.165, 1.54) is 6.07 Å². The summed E-state index contributed by atoms with van der Waals surface area (Å²) in [6.45, 7) is 4.81. The number of anilines is 1. The van der Waals surface area contributed by atoms with Crippen LogP contribution in [0.15, 0.2) is 48.5 Å². The van der Waals surface area contributed by atoms with Gasteiger partial charge in [-0.3, -0.25) is 4.79 Å². The van der Waals surface area contributed by atoms with Gasteiger partial charge in [-0.1, -0.05) is 29.8 Å². The van der Waals surface area contributed by atoms with Crippen LogP contribution in [0.1, 0.15) is 40.1 Å². The van der Waals surface area contributed by atoms with Crippen LogP contribution in [-0.2, 0) is 14.3 Å². The fourth-order valence-electron chi connectivity index (χ4n) is 2.25. The first-order chi connectivity index (χ1) is 12.4. The van der Waals surface area contributed by atoms with Gasteiger partial charge in [0.2, 0.25) is 0 Å². The van der Waals surface area contributed by atoms with Crippen molar-refractivity contribution in [2.45, 2.75) is 26.9 Å². The second-order valence-corrected chi connectivity index (χ2v) is 5.98. The number of amides is 1. The number of esters is 2. The highest BCUT2D eigenvalue weighted by Crippen LogP contribution is 2.18. The average Bonchev–Trinajstić information content (AvgIpc) is 2.59. The van der Waals surface area contributed by atoms with Gasteiger partial charge in [0.1, 0.15) is 0 Å². The predicted molar refractivity (Wildman–Crippen MR) is 97.1 cm³/mol.